The van der Waals surface area contributed by atoms with Crippen molar-refractivity contribution in [2.45, 2.75) is 96.9 Å². The van der Waals surface area contributed by atoms with Crippen molar-refractivity contribution in [2.75, 3.05) is 13.1 Å². The predicted molar refractivity (Wildman–Crippen MR) is 147 cm³/mol. The van der Waals surface area contributed by atoms with Crippen LogP contribution in [0.1, 0.15) is 66.7 Å². The van der Waals surface area contributed by atoms with E-state index in [1.165, 1.54) is 11.8 Å². The summed E-state index contributed by atoms with van der Waals surface area (Å²) in [7, 11) is 0. The number of amides is 5. The van der Waals surface area contributed by atoms with Gasteiger partial charge in [-0.2, -0.15) is 0 Å². The first-order chi connectivity index (χ1) is 18.2. The van der Waals surface area contributed by atoms with E-state index in [4.69, 9.17) is 22.6 Å². The Morgan fingerprint density at radius 2 is 1.59 bits per heavy atom. The fourth-order valence-electron chi connectivity index (χ4n) is 4.26. The molecule has 6 atom stereocenters. The molecule has 1 fully saturated rings. The van der Waals surface area contributed by atoms with Crippen molar-refractivity contribution in [3.63, 3.8) is 0 Å². The third kappa shape index (κ3) is 10.3. The number of carbonyl (C=O) groups excluding carboxylic acids is 5. The number of primary amides is 1. The summed E-state index contributed by atoms with van der Waals surface area (Å²) in [5.41, 5.74) is 16.5. The van der Waals surface area contributed by atoms with Gasteiger partial charge in [0.05, 0.1) is 6.04 Å². The van der Waals surface area contributed by atoms with Crippen LogP contribution >= 0.6 is 0 Å². The minimum Gasteiger partial charge on any atom is -0.370 e. The highest BCUT2D eigenvalue weighted by molar-refractivity contribution is 5.96. The lowest BCUT2D eigenvalue weighted by atomic mass is 9.95. The van der Waals surface area contributed by atoms with Crippen LogP contribution in [0.15, 0.2) is 0 Å². The molecule has 1 unspecified atom stereocenters. The van der Waals surface area contributed by atoms with Gasteiger partial charge < -0.3 is 43.4 Å². The third-order valence-corrected chi connectivity index (χ3v) is 6.99. The van der Waals surface area contributed by atoms with Crippen molar-refractivity contribution >= 4 is 35.5 Å². The molecule has 0 aliphatic carbocycles. The summed E-state index contributed by atoms with van der Waals surface area (Å²) >= 11 is 0. The summed E-state index contributed by atoms with van der Waals surface area (Å²) in [5, 5.41) is 17.9. The van der Waals surface area contributed by atoms with Crippen LogP contribution in [0.3, 0.4) is 0 Å². The highest BCUT2D eigenvalue weighted by atomic mass is 16.2. The zero-order valence-corrected chi connectivity index (χ0v) is 23.7. The summed E-state index contributed by atoms with van der Waals surface area (Å²) in [6.07, 6.45) is 2.43. The highest BCUT2D eigenvalue weighted by Crippen LogP contribution is 2.21. The second kappa shape index (κ2) is 15.9. The minimum absolute atomic E-state index is 0.170. The maximum atomic E-state index is 13.5. The van der Waals surface area contributed by atoms with Crippen LogP contribution in [0.25, 0.3) is 0 Å². The van der Waals surface area contributed by atoms with Crippen LogP contribution in [0, 0.1) is 17.2 Å². The van der Waals surface area contributed by atoms with Crippen molar-refractivity contribution in [1.29, 1.82) is 5.41 Å². The van der Waals surface area contributed by atoms with E-state index in [1.807, 2.05) is 13.8 Å². The van der Waals surface area contributed by atoms with E-state index >= 15 is 0 Å². The molecule has 0 saturated carbocycles. The predicted octanol–water partition coefficient (Wildman–Crippen LogP) is -1.77. The standard InChI is InChI=1S/C25H47N9O5/c1-6-14(4)19(33-21(36)16(26)9-7-11-30-25(28)29)23(38)32-18(13(2)3)24(39)34-12-8-10-17(34)22(37)31-15(5)20(27)35/h13-19H,6-12,26H2,1-5H3,(H2,27,35)(H,31,37)(H,32,38)(H,33,36)(H4,28,29,30)/t14?,15-,16-,17-,18-,19-/m0/s1. The van der Waals surface area contributed by atoms with Gasteiger partial charge in [0.25, 0.3) is 0 Å². The molecular formula is C25H47N9O5. The zero-order chi connectivity index (χ0) is 29.9. The number of rotatable bonds is 15. The van der Waals surface area contributed by atoms with E-state index in [1.54, 1.807) is 13.8 Å². The van der Waals surface area contributed by atoms with Crippen molar-refractivity contribution in [3.05, 3.63) is 0 Å². The van der Waals surface area contributed by atoms with Gasteiger partial charge in [0.15, 0.2) is 5.96 Å². The van der Waals surface area contributed by atoms with E-state index in [0.29, 0.717) is 45.2 Å². The smallest absolute Gasteiger partial charge is 0.246 e. The van der Waals surface area contributed by atoms with Gasteiger partial charge >= 0.3 is 0 Å². The second-order valence-electron chi connectivity index (χ2n) is 10.5. The lowest BCUT2D eigenvalue weighted by molar-refractivity contribution is -0.143. The van der Waals surface area contributed by atoms with Crippen LogP contribution < -0.4 is 38.5 Å². The molecule has 0 bridgehead atoms. The number of hydrogen-bond donors (Lipinski definition) is 8. The SMILES string of the molecule is CCC(C)[C@H](NC(=O)[C@@H](N)CCCNC(=N)N)C(=O)N[C@H](C(=O)N1CCC[C@H]1C(=O)N[C@@H](C)C(N)=O)C(C)C. The molecule has 1 aliphatic heterocycles. The van der Waals surface area contributed by atoms with Crippen molar-refractivity contribution in [3.8, 4) is 0 Å². The molecule has 14 nitrogen and oxygen atoms in total. The first kappa shape index (κ1) is 33.6. The van der Waals surface area contributed by atoms with Crippen LogP contribution in [0.5, 0.6) is 0 Å². The van der Waals surface area contributed by atoms with Gasteiger partial charge in [-0.15, -0.1) is 0 Å². The summed E-state index contributed by atoms with van der Waals surface area (Å²) in [4.78, 5) is 65.3. The second-order valence-corrected chi connectivity index (χ2v) is 10.5. The van der Waals surface area contributed by atoms with Crippen LogP contribution in [0.4, 0.5) is 0 Å². The molecule has 39 heavy (non-hydrogen) atoms. The fourth-order valence-corrected chi connectivity index (χ4v) is 4.26. The normalized spacial score (nSPS) is 18.8. The van der Waals surface area contributed by atoms with E-state index in [0.717, 1.165) is 0 Å². The molecule has 1 aliphatic rings. The number of hydrogen-bond acceptors (Lipinski definition) is 7. The summed E-state index contributed by atoms with van der Waals surface area (Å²) < 4.78 is 0. The topological polar surface area (TPSA) is 239 Å². The Morgan fingerprint density at radius 1 is 0.974 bits per heavy atom. The number of nitrogens with two attached hydrogens (primary N) is 3. The van der Waals surface area contributed by atoms with Gasteiger partial charge in [0.1, 0.15) is 24.2 Å². The van der Waals surface area contributed by atoms with Gasteiger partial charge in [0.2, 0.25) is 29.5 Å². The molecule has 0 radical (unpaired) electrons. The molecular weight excluding hydrogens is 506 g/mol. The molecule has 1 saturated heterocycles. The maximum Gasteiger partial charge on any atom is 0.246 e. The van der Waals surface area contributed by atoms with E-state index in [9.17, 15) is 24.0 Å². The average molecular weight is 554 g/mol. The van der Waals surface area contributed by atoms with Crippen LogP contribution in [-0.4, -0.2) is 83.7 Å². The Morgan fingerprint density at radius 3 is 2.13 bits per heavy atom. The summed E-state index contributed by atoms with van der Waals surface area (Å²) in [5.74, 6) is -3.30. The molecule has 1 heterocycles. The summed E-state index contributed by atoms with van der Waals surface area (Å²) in [6, 6.07) is -4.39. The van der Waals surface area contributed by atoms with Crippen molar-refractivity contribution in [2.24, 2.45) is 29.0 Å². The Kier molecular flexibility index (Phi) is 13.7. The molecule has 0 spiro atoms. The number of nitrogens with one attached hydrogen (secondary N) is 5. The molecule has 0 aromatic heterocycles. The van der Waals surface area contributed by atoms with Gasteiger partial charge in [0, 0.05) is 13.1 Å². The van der Waals surface area contributed by atoms with Gasteiger partial charge in [-0.1, -0.05) is 34.1 Å². The van der Waals surface area contributed by atoms with Gasteiger partial charge in [-0.05, 0) is 44.4 Å². The summed E-state index contributed by atoms with van der Waals surface area (Å²) in [6.45, 7) is 9.46. The Labute approximate surface area is 230 Å². The monoisotopic (exact) mass is 553 g/mol. The lowest BCUT2D eigenvalue weighted by Gasteiger charge is -2.32. The highest BCUT2D eigenvalue weighted by Gasteiger charge is 2.40. The Balaban J connectivity index is 2.95. The number of guanidine groups is 1. The van der Waals surface area contributed by atoms with Gasteiger partial charge in [-0.25, -0.2) is 0 Å². The minimum atomic E-state index is -0.936. The van der Waals surface area contributed by atoms with Crippen molar-refractivity contribution in [1.82, 2.24) is 26.2 Å². The van der Waals surface area contributed by atoms with Crippen molar-refractivity contribution < 1.29 is 24.0 Å². The molecule has 0 aromatic rings. The molecule has 11 N–H and O–H groups in total. The largest absolute Gasteiger partial charge is 0.370 e. The van der Waals surface area contributed by atoms with E-state index in [2.05, 4.69) is 21.3 Å². The first-order valence-corrected chi connectivity index (χ1v) is 13.6. The Hall–Kier alpha value is -3.42. The van der Waals surface area contributed by atoms with E-state index < -0.39 is 59.7 Å². The van der Waals surface area contributed by atoms with E-state index in [-0.39, 0.29) is 17.8 Å². The number of likely N-dealkylation sites (tertiary alicyclic amines) is 1. The molecule has 0 aromatic carbocycles. The maximum absolute atomic E-state index is 13.5. The fraction of sp³-hybridized carbons (Fsp3) is 0.760. The van der Waals surface area contributed by atoms with Crippen LogP contribution in [0.2, 0.25) is 0 Å². The third-order valence-electron chi connectivity index (χ3n) is 6.99. The number of carbonyl (C=O) groups is 5. The quantitative estimate of drug-likeness (QED) is 0.0654. The number of nitrogens with zero attached hydrogens (tertiary/aromatic N) is 1. The zero-order valence-electron chi connectivity index (χ0n) is 23.7. The average Bonchev–Trinajstić information content (AvgIpc) is 3.36. The molecule has 1 rings (SSSR count). The molecule has 222 valence electrons. The van der Waals surface area contributed by atoms with Gasteiger partial charge in [-0.3, -0.25) is 29.4 Å². The molecule has 5 amide bonds. The van der Waals surface area contributed by atoms with Crippen LogP contribution in [-0.2, 0) is 24.0 Å². The Bertz CT molecular complexity index is 897. The molecule has 14 heteroatoms. The lowest BCUT2D eigenvalue weighted by Crippen LogP contribution is -2.60. The first-order valence-electron chi connectivity index (χ1n) is 13.6.